The van der Waals surface area contributed by atoms with E-state index in [-0.39, 0.29) is 31.4 Å². The highest BCUT2D eigenvalue weighted by atomic mass is 35.5. The van der Waals surface area contributed by atoms with E-state index in [0.717, 1.165) is 31.6 Å². The molecule has 0 amide bonds. The molecule has 0 rings (SSSR count). The Morgan fingerprint density at radius 1 is 0.645 bits per heavy atom. The van der Waals surface area contributed by atoms with Gasteiger partial charge in [-0.3, -0.25) is 9.59 Å². The Morgan fingerprint density at radius 2 is 1.16 bits per heavy atom. The number of hydrogen-bond acceptors (Lipinski definition) is 4. The third kappa shape index (κ3) is 25.1. The summed E-state index contributed by atoms with van der Waals surface area (Å²) in [6, 6.07) is 0. The smallest absolute Gasteiger partial charge is 0.306 e. The first-order chi connectivity index (χ1) is 15.2. The van der Waals surface area contributed by atoms with Gasteiger partial charge in [-0.05, 0) is 25.7 Å². The Morgan fingerprint density at radius 3 is 1.77 bits per heavy atom. The fourth-order valence-electron chi connectivity index (χ4n) is 3.34. The molecule has 0 spiro atoms. The summed E-state index contributed by atoms with van der Waals surface area (Å²) < 4.78 is 10.3. The SMILES string of the molecule is CCCCCCCCC/C=C/COC(=O)CCC(=O)OCCCCCCCCCCCl. The topological polar surface area (TPSA) is 52.6 Å². The van der Waals surface area contributed by atoms with Gasteiger partial charge in [0.1, 0.15) is 6.61 Å². The van der Waals surface area contributed by atoms with Crippen LogP contribution in [0.15, 0.2) is 12.2 Å². The largest absolute Gasteiger partial charge is 0.466 e. The summed E-state index contributed by atoms with van der Waals surface area (Å²) in [4.78, 5) is 23.4. The van der Waals surface area contributed by atoms with E-state index in [4.69, 9.17) is 21.1 Å². The van der Waals surface area contributed by atoms with Gasteiger partial charge in [-0.15, -0.1) is 11.6 Å². The van der Waals surface area contributed by atoms with Gasteiger partial charge in [-0.2, -0.15) is 0 Å². The van der Waals surface area contributed by atoms with Crippen molar-refractivity contribution >= 4 is 23.5 Å². The average molecular weight is 459 g/mol. The molecule has 0 aliphatic heterocycles. The molecule has 0 saturated heterocycles. The van der Waals surface area contributed by atoms with E-state index < -0.39 is 0 Å². The second-order valence-corrected chi connectivity index (χ2v) is 8.68. The number of carbonyl (C=O) groups is 2. The van der Waals surface area contributed by atoms with Gasteiger partial charge >= 0.3 is 11.9 Å². The van der Waals surface area contributed by atoms with Gasteiger partial charge in [0.05, 0.1) is 19.4 Å². The van der Waals surface area contributed by atoms with Crippen molar-refractivity contribution in [3.8, 4) is 0 Å². The van der Waals surface area contributed by atoms with Crippen molar-refractivity contribution in [3.63, 3.8) is 0 Å². The lowest BCUT2D eigenvalue weighted by molar-refractivity contribution is -0.149. The molecule has 0 unspecified atom stereocenters. The summed E-state index contributed by atoms with van der Waals surface area (Å²) in [6.45, 7) is 2.97. The molecule has 0 atom stereocenters. The van der Waals surface area contributed by atoms with E-state index in [9.17, 15) is 9.59 Å². The summed E-state index contributed by atoms with van der Waals surface area (Å²) in [5.41, 5.74) is 0. The van der Waals surface area contributed by atoms with Crippen LogP contribution in [-0.4, -0.2) is 31.0 Å². The van der Waals surface area contributed by atoms with Crippen LogP contribution < -0.4 is 0 Å². The molecule has 0 aliphatic carbocycles. The molecule has 0 heterocycles. The predicted molar refractivity (Wildman–Crippen MR) is 131 cm³/mol. The molecule has 0 bridgehead atoms. The minimum absolute atomic E-state index is 0.0900. The minimum Gasteiger partial charge on any atom is -0.466 e. The molecule has 0 radical (unpaired) electrons. The quantitative estimate of drug-likeness (QED) is 0.0675. The first-order valence-electron chi connectivity index (χ1n) is 12.7. The number of alkyl halides is 1. The number of carbonyl (C=O) groups excluding carboxylic acids is 2. The predicted octanol–water partition coefficient (Wildman–Crippen LogP) is 7.91. The number of unbranched alkanes of at least 4 members (excludes halogenated alkanes) is 14. The molecule has 182 valence electrons. The fourth-order valence-corrected chi connectivity index (χ4v) is 3.53. The molecular weight excluding hydrogens is 412 g/mol. The molecule has 0 saturated carbocycles. The van der Waals surface area contributed by atoms with E-state index >= 15 is 0 Å². The van der Waals surface area contributed by atoms with Crippen LogP contribution in [0.25, 0.3) is 0 Å². The molecule has 0 aromatic rings. The van der Waals surface area contributed by atoms with Gasteiger partial charge in [-0.25, -0.2) is 0 Å². The standard InChI is InChI=1S/C26H47ClO4/c1-2-3-4-5-6-7-9-12-15-18-23-30-25(28)20-21-26(29)31-24-19-16-13-10-8-11-14-17-22-27/h15,18H,2-14,16-17,19-24H2,1H3/b18-15+. The van der Waals surface area contributed by atoms with Gasteiger partial charge in [0.15, 0.2) is 0 Å². The summed E-state index contributed by atoms with van der Waals surface area (Å²) >= 11 is 5.66. The van der Waals surface area contributed by atoms with Crippen LogP contribution in [0.5, 0.6) is 0 Å². The second-order valence-electron chi connectivity index (χ2n) is 8.30. The summed E-state index contributed by atoms with van der Waals surface area (Å²) in [7, 11) is 0. The Labute approximate surface area is 196 Å². The highest BCUT2D eigenvalue weighted by Gasteiger charge is 2.08. The van der Waals surface area contributed by atoms with Crippen molar-refractivity contribution in [1.29, 1.82) is 0 Å². The molecule has 5 heteroatoms. The highest BCUT2D eigenvalue weighted by molar-refractivity contribution is 6.17. The monoisotopic (exact) mass is 458 g/mol. The Hall–Kier alpha value is -1.03. The van der Waals surface area contributed by atoms with Crippen LogP contribution in [0.1, 0.15) is 122 Å². The number of ether oxygens (including phenoxy) is 2. The Balaban J connectivity index is 3.38. The molecule has 31 heavy (non-hydrogen) atoms. The zero-order chi connectivity index (χ0) is 22.8. The van der Waals surface area contributed by atoms with Crippen molar-refractivity contribution in [2.24, 2.45) is 0 Å². The van der Waals surface area contributed by atoms with Gasteiger partial charge in [-0.1, -0.05) is 96.1 Å². The van der Waals surface area contributed by atoms with Crippen LogP contribution >= 0.6 is 11.6 Å². The van der Waals surface area contributed by atoms with Crippen LogP contribution in [0.3, 0.4) is 0 Å². The third-order valence-electron chi connectivity index (χ3n) is 5.31. The molecule has 0 aliphatic rings. The molecule has 0 N–H and O–H groups in total. The zero-order valence-electron chi connectivity index (χ0n) is 20.0. The third-order valence-corrected chi connectivity index (χ3v) is 5.57. The number of hydrogen-bond donors (Lipinski definition) is 0. The van der Waals surface area contributed by atoms with Crippen LogP contribution in [0.4, 0.5) is 0 Å². The molecule has 4 nitrogen and oxygen atoms in total. The van der Waals surface area contributed by atoms with E-state index in [0.29, 0.717) is 6.61 Å². The van der Waals surface area contributed by atoms with Crippen molar-refractivity contribution in [2.45, 2.75) is 122 Å². The number of esters is 2. The normalized spacial score (nSPS) is 11.2. The highest BCUT2D eigenvalue weighted by Crippen LogP contribution is 2.10. The first kappa shape index (κ1) is 30.0. The number of allylic oxidation sites excluding steroid dienone is 1. The Kier molecular flexibility index (Phi) is 24.4. The maximum atomic E-state index is 11.7. The van der Waals surface area contributed by atoms with Crippen molar-refractivity contribution in [3.05, 3.63) is 12.2 Å². The van der Waals surface area contributed by atoms with Crippen LogP contribution in [0, 0.1) is 0 Å². The van der Waals surface area contributed by atoms with E-state index in [1.807, 2.05) is 6.08 Å². The van der Waals surface area contributed by atoms with Gasteiger partial charge in [0.25, 0.3) is 0 Å². The molecule has 0 fully saturated rings. The van der Waals surface area contributed by atoms with E-state index in [1.165, 1.54) is 77.0 Å². The summed E-state index contributed by atoms with van der Waals surface area (Å²) in [6.07, 6.45) is 23.5. The lowest BCUT2D eigenvalue weighted by atomic mass is 10.1. The summed E-state index contributed by atoms with van der Waals surface area (Å²) in [5, 5.41) is 0. The molecule has 0 aromatic carbocycles. The average Bonchev–Trinajstić information content (AvgIpc) is 2.77. The van der Waals surface area contributed by atoms with Gasteiger partial charge < -0.3 is 9.47 Å². The van der Waals surface area contributed by atoms with Crippen LogP contribution in [-0.2, 0) is 19.1 Å². The van der Waals surface area contributed by atoms with Gasteiger partial charge in [0, 0.05) is 5.88 Å². The second kappa shape index (κ2) is 25.2. The van der Waals surface area contributed by atoms with E-state index in [1.54, 1.807) is 0 Å². The van der Waals surface area contributed by atoms with Gasteiger partial charge in [0.2, 0.25) is 0 Å². The van der Waals surface area contributed by atoms with Crippen molar-refractivity contribution in [2.75, 3.05) is 19.1 Å². The lowest BCUT2D eigenvalue weighted by Crippen LogP contribution is -2.11. The fraction of sp³-hybridized carbons (Fsp3) is 0.846. The van der Waals surface area contributed by atoms with Crippen molar-refractivity contribution < 1.29 is 19.1 Å². The number of rotatable bonds is 23. The molecule has 0 aromatic heterocycles. The maximum absolute atomic E-state index is 11.7. The number of halogens is 1. The van der Waals surface area contributed by atoms with Crippen molar-refractivity contribution in [1.82, 2.24) is 0 Å². The molecular formula is C26H47ClO4. The Bertz CT molecular complexity index is 437. The minimum atomic E-state index is -0.341. The lowest BCUT2D eigenvalue weighted by Gasteiger charge is -2.05. The van der Waals surface area contributed by atoms with Crippen LogP contribution in [0.2, 0.25) is 0 Å². The summed E-state index contributed by atoms with van der Waals surface area (Å²) in [5.74, 6) is 0.110. The zero-order valence-corrected chi connectivity index (χ0v) is 20.8. The first-order valence-corrected chi connectivity index (χ1v) is 13.3. The maximum Gasteiger partial charge on any atom is 0.306 e. The van der Waals surface area contributed by atoms with E-state index in [2.05, 4.69) is 13.0 Å².